The van der Waals surface area contributed by atoms with E-state index in [1.807, 2.05) is 38.1 Å². The smallest absolute Gasteiger partial charge is 0.405 e. The molecule has 0 saturated carbocycles. The Kier molecular flexibility index (Phi) is 4.97. The van der Waals surface area contributed by atoms with Crippen LogP contribution in [0.3, 0.4) is 0 Å². The first-order valence-corrected chi connectivity index (χ1v) is 8.77. The maximum Gasteiger partial charge on any atom is 0.405 e. The molecule has 3 N–H and O–H groups in total. The van der Waals surface area contributed by atoms with E-state index >= 15 is 0 Å². The highest BCUT2D eigenvalue weighted by Gasteiger charge is 2.27. The van der Waals surface area contributed by atoms with Crippen LogP contribution < -0.4 is 15.5 Å². The summed E-state index contributed by atoms with van der Waals surface area (Å²) in [5, 5.41) is 15.6. The number of carbonyl (C=O) groups is 2. The van der Waals surface area contributed by atoms with Crippen LogP contribution >= 0.6 is 0 Å². The number of carbonyl (C=O) groups excluding carboxylic acids is 1. The van der Waals surface area contributed by atoms with Crippen molar-refractivity contribution in [2.24, 2.45) is 0 Å². The van der Waals surface area contributed by atoms with Crippen LogP contribution in [-0.2, 0) is 4.79 Å². The summed E-state index contributed by atoms with van der Waals surface area (Å²) in [5.74, 6) is 0.737. The molecule has 26 heavy (non-hydrogen) atoms. The van der Waals surface area contributed by atoms with Crippen LogP contribution in [0.15, 0.2) is 24.3 Å². The molecule has 0 aliphatic carbocycles. The summed E-state index contributed by atoms with van der Waals surface area (Å²) in [4.78, 5) is 29.5. The Morgan fingerprint density at radius 1 is 1.38 bits per heavy atom. The second-order valence-electron chi connectivity index (χ2n) is 6.85. The predicted molar refractivity (Wildman–Crippen MR) is 100 cm³/mol. The zero-order valence-electron chi connectivity index (χ0n) is 15.2. The number of nitrogens with zero attached hydrogens (tertiary/aromatic N) is 2. The molecular weight excluding hydrogens is 332 g/mol. The fourth-order valence-corrected chi connectivity index (χ4v) is 3.55. The summed E-state index contributed by atoms with van der Waals surface area (Å²) >= 11 is 0. The molecule has 0 spiro atoms. The van der Waals surface area contributed by atoms with Gasteiger partial charge in [0.2, 0.25) is 5.91 Å². The maximum absolute atomic E-state index is 11.3. The number of carboxylic acid groups (broad SMARTS) is 1. The molecule has 0 unspecified atom stereocenters. The van der Waals surface area contributed by atoms with Crippen molar-refractivity contribution in [2.45, 2.75) is 39.3 Å². The largest absolute Gasteiger partial charge is 0.465 e. The van der Waals surface area contributed by atoms with Gasteiger partial charge in [0.15, 0.2) is 0 Å². The molecule has 1 aliphatic rings. The van der Waals surface area contributed by atoms with Gasteiger partial charge in [0.25, 0.3) is 0 Å². The lowest BCUT2D eigenvalue weighted by atomic mass is 10.0. The summed E-state index contributed by atoms with van der Waals surface area (Å²) in [5.41, 5.74) is 2.83. The molecule has 1 fully saturated rings. The summed E-state index contributed by atoms with van der Waals surface area (Å²) < 4.78 is 0. The molecule has 2 amide bonds. The van der Waals surface area contributed by atoms with Gasteiger partial charge in [0.05, 0.1) is 11.6 Å². The minimum Gasteiger partial charge on any atom is -0.465 e. The molecule has 1 aromatic carbocycles. The zero-order valence-corrected chi connectivity index (χ0v) is 15.2. The van der Waals surface area contributed by atoms with Gasteiger partial charge in [-0.25, -0.2) is 9.78 Å². The standard InChI is InChI=1S/C19H24N4O3/c1-11-5-4-6-14-9-16(12(2)20-19(25)26)18(22-17(11)14)23-8-7-15(10-23)21-13(3)24/h4-6,9,12,15,20H,7-8,10H2,1-3H3,(H,21,24)(H,25,26)/t12-,15-/m0/s1. The molecule has 1 aromatic heterocycles. The molecule has 2 atom stereocenters. The Bertz CT molecular complexity index is 852. The fraction of sp³-hybridized carbons (Fsp3) is 0.421. The van der Waals surface area contributed by atoms with Crippen molar-refractivity contribution in [2.75, 3.05) is 18.0 Å². The van der Waals surface area contributed by atoms with Gasteiger partial charge >= 0.3 is 6.09 Å². The lowest BCUT2D eigenvalue weighted by Gasteiger charge is -2.25. The van der Waals surface area contributed by atoms with E-state index in [0.29, 0.717) is 6.54 Å². The number of fused-ring (bicyclic) bond motifs is 1. The lowest BCUT2D eigenvalue weighted by Crippen LogP contribution is -2.36. The Morgan fingerprint density at radius 3 is 2.85 bits per heavy atom. The first-order chi connectivity index (χ1) is 12.3. The Labute approximate surface area is 152 Å². The van der Waals surface area contributed by atoms with Crippen LogP contribution in [-0.4, -0.2) is 41.2 Å². The molecule has 3 rings (SSSR count). The predicted octanol–water partition coefficient (Wildman–Crippen LogP) is 2.59. The van der Waals surface area contributed by atoms with E-state index in [9.17, 15) is 9.59 Å². The number of para-hydroxylation sites is 1. The quantitative estimate of drug-likeness (QED) is 0.783. The summed E-state index contributed by atoms with van der Waals surface area (Å²) in [6.07, 6.45) is -0.224. The molecule has 2 aromatic rings. The second-order valence-corrected chi connectivity index (χ2v) is 6.85. The van der Waals surface area contributed by atoms with Crippen LogP contribution in [0.2, 0.25) is 0 Å². The maximum atomic E-state index is 11.3. The number of rotatable bonds is 4. The van der Waals surface area contributed by atoms with Gasteiger partial charge in [-0.3, -0.25) is 4.79 Å². The molecule has 1 aliphatic heterocycles. The summed E-state index contributed by atoms with van der Waals surface area (Å²) in [6.45, 7) is 6.78. The molecule has 7 nitrogen and oxygen atoms in total. The van der Waals surface area contributed by atoms with Gasteiger partial charge < -0.3 is 20.6 Å². The highest BCUT2D eigenvalue weighted by molar-refractivity contribution is 5.85. The number of pyridine rings is 1. The first kappa shape index (κ1) is 18.0. The highest BCUT2D eigenvalue weighted by atomic mass is 16.4. The third-order valence-electron chi connectivity index (χ3n) is 4.76. The van der Waals surface area contributed by atoms with Crippen molar-refractivity contribution >= 4 is 28.7 Å². The van der Waals surface area contributed by atoms with E-state index in [4.69, 9.17) is 10.1 Å². The Morgan fingerprint density at radius 2 is 2.15 bits per heavy atom. The van der Waals surface area contributed by atoms with Crippen LogP contribution in [0, 0.1) is 6.92 Å². The minimum absolute atomic E-state index is 0.0414. The van der Waals surface area contributed by atoms with Gasteiger partial charge in [0.1, 0.15) is 5.82 Å². The second kappa shape index (κ2) is 7.19. The third-order valence-corrected chi connectivity index (χ3v) is 4.76. The Hall–Kier alpha value is -2.83. The topological polar surface area (TPSA) is 94.6 Å². The van der Waals surface area contributed by atoms with E-state index < -0.39 is 6.09 Å². The average Bonchev–Trinajstić information content (AvgIpc) is 3.01. The van der Waals surface area contributed by atoms with Crippen molar-refractivity contribution < 1.29 is 14.7 Å². The SMILES string of the molecule is CC(=O)N[C@H]1CCN(c2nc3c(C)cccc3cc2[C@H](C)NC(=O)O)C1. The first-order valence-electron chi connectivity index (χ1n) is 8.77. The molecule has 0 radical (unpaired) electrons. The highest BCUT2D eigenvalue weighted by Crippen LogP contribution is 2.31. The number of hydrogen-bond acceptors (Lipinski definition) is 4. The van der Waals surface area contributed by atoms with E-state index in [1.54, 1.807) is 0 Å². The fourth-order valence-electron chi connectivity index (χ4n) is 3.55. The van der Waals surface area contributed by atoms with Crippen molar-refractivity contribution in [1.82, 2.24) is 15.6 Å². The molecule has 138 valence electrons. The molecular formula is C19H24N4O3. The van der Waals surface area contributed by atoms with Gasteiger partial charge in [0, 0.05) is 37.0 Å². The van der Waals surface area contributed by atoms with Crippen molar-refractivity contribution in [3.8, 4) is 0 Å². The Balaban J connectivity index is 2.02. The number of benzene rings is 1. The zero-order chi connectivity index (χ0) is 18.8. The number of anilines is 1. The van der Waals surface area contributed by atoms with E-state index in [-0.39, 0.29) is 18.0 Å². The summed E-state index contributed by atoms with van der Waals surface area (Å²) in [7, 11) is 0. The van der Waals surface area contributed by atoms with Crippen molar-refractivity contribution in [1.29, 1.82) is 0 Å². The normalized spacial score (nSPS) is 18.0. The number of aromatic nitrogens is 1. The minimum atomic E-state index is -1.06. The van der Waals surface area contributed by atoms with Crippen LogP contribution in [0.1, 0.15) is 37.4 Å². The van der Waals surface area contributed by atoms with Gasteiger partial charge in [-0.1, -0.05) is 18.2 Å². The van der Waals surface area contributed by atoms with Gasteiger partial charge in [-0.15, -0.1) is 0 Å². The molecule has 2 heterocycles. The van der Waals surface area contributed by atoms with Gasteiger partial charge in [-0.2, -0.15) is 0 Å². The van der Waals surface area contributed by atoms with E-state index in [1.165, 1.54) is 6.92 Å². The molecule has 7 heteroatoms. The van der Waals surface area contributed by atoms with E-state index in [2.05, 4.69) is 15.5 Å². The van der Waals surface area contributed by atoms with E-state index in [0.717, 1.165) is 40.8 Å². The monoisotopic (exact) mass is 356 g/mol. The lowest BCUT2D eigenvalue weighted by molar-refractivity contribution is -0.119. The van der Waals surface area contributed by atoms with Crippen LogP contribution in [0.4, 0.5) is 10.6 Å². The third kappa shape index (κ3) is 3.71. The van der Waals surface area contributed by atoms with Crippen molar-refractivity contribution in [3.63, 3.8) is 0 Å². The van der Waals surface area contributed by atoms with Crippen LogP contribution in [0.25, 0.3) is 10.9 Å². The number of aryl methyl sites for hydroxylation is 1. The molecule has 0 bridgehead atoms. The molecule has 1 saturated heterocycles. The number of nitrogens with one attached hydrogen (secondary N) is 2. The van der Waals surface area contributed by atoms with Crippen molar-refractivity contribution in [3.05, 3.63) is 35.4 Å². The number of amides is 2. The van der Waals surface area contributed by atoms with Gasteiger partial charge in [-0.05, 0) is 31.9 Å². The average molecular weight is 356 g/mol. The van der Waals surface area contributed by atoms with Crippen LogP contribution in [0.5, 0.6) is 0 Å². The number of hydrogen-bond donors (Lipinski definition) is 3. The summed E-state index contributed by atoms with van der Waals surface area (Å²) in [6, 6.07) is 7.68.